The Morgan fingerprint density at radius 3 is 2.43 bits per heavy atom. The van der Waals surface area contributed by atoms with Gasteiger partial charge in [0.05, 0.1) is 7.11 Å². The van der Waals surface area contributed by atoms with Crippen molar-refractivity contribution in [2.45, 2.75) is 25.9 Å². The summed E-state index contributed by atoms with van der Waals surface area (Å²) in [5.41, 5.74) is 2.20. The maximum Gasteiger partial charge on any atom is 0.124 e. The number of nitrogens with one attached hydrogen (secondary N) is 1. The first-order valence-corrected chi connectivity index (χ1v) is 7.71. The number of hydrogen-bond donors (Lipinski definition) is 1. The summed E-state index contributed by atoms with van der Waals surface area (Å²) in [6.07, 6.45) is 0.981. The van der Waals surface area contributed by atoms with E-state index in [0.717, 1.165) is 22.8 Å². The quantitative estimate of drug-likeness (QED) is 0.784. The minimum Gasteiger partial charge on any atom is -0.496 e. The summed E-state index contributed by atoms with van der Waals surface area (Å²) in [4.78, 5) is 0. The molecule has 1 N–H and O–H groups in total. The fourth-order valence-electron chi connectivity index (χ4n) is 2.32. The Hall–Kier alpha value is -1.22. The predicted octanol–water partition coefficient (Wildman–Crippen LogP) is 5.24. The highest BCUT2D eigenvalue weighted by atomic mass is 35.5. The van der Waals surface area contributed by atoms with Crippen LogP contribution in [0, 0.1) is 0 Å². The normalized spacial score (nSPS) is 12.2. The standard InChI is InChI=1S/C17H19Cl2NO/c1-3-16(12-7-9-13(18)10-8-12)20-11-14-15(19)5-4-6-17(14)21-2/h4-10,16,20H,3,11H2,1-2H3. The third-order valence-electron chi connectivity index (χ3n) is 3.50. The molecule has 0 saturated carbocycles. The van der Waals surface area contributed by atoms with Crippen LogP contribution in [-0.2, 0) is 6.54 Å². The minimum absolute atomic E-state index is 0.253. The van der Waals surface area contributed by atoms with Gasteiger partial charge in [-0.2, -0.15) is 0 Å². The lowest BCUT2D eigenvalue weighted by molar-refractivity contribution is 0.404. The average Bonchev–Trinajstić information content (AvgIpc) is 2.50. The van der Waals surface area contributed by atoms with E-state index in [4.69, 9.17) is 27.9 Å². The number of hydrogen-bond acceptors (Lipinski definition) is 2. The zero-order valence-corrected chi connectivity index (χ0v) is 13.7. The second-order valence-corrected chi connectivity index (χ2v) is 5.66. The fourth-order valence-corrected chi connectivity index (χ4v) is 2.68. The Morgan fingerprint density at radius 1 is 1.10 bits per heavy atom. The van der Waals surface area contributed by atoms with Crippen LogP contribution in [0.5, 0.6) is 5.75 Å². The summed E-state index contributed by atoms with van der Waals surface area (Å²) in [6, 6.07) is 13.9. The monoisotopic (exact) mass is 323 g/mol. The van der Waals surface area contributed by atoms with Crippen LogP contribution in [-0.4, -0.2) is 7.11 Å². The van der Waals surface area contributed by atoms with E-state index in [2.05, 4.69) is 12.2 Å². The van der Waals surface area contributed by atoms with E-state index >= 15 is 0 Å². The van der Waals surface area contributed by atoms with Crippen LogP contribution in [0.25, 0.3) is 0 Å². The van der Waals surface area contributed by atoms with Gasteiger partial charge in [0.2, 0.25) is 0 Å². The van der Waals surface area contributed by atoms with Crippen LogP contribution >= 0.6 is 23.2 Å². The van der Waals surface area contributed by atoms with E-state index < -0.39 is 0 Å². The van der Waals surface area contributed by atoms with Gasteiger partial charge in [-0.05, 0) is 36.2 Å². The van der Waals surface area contributed by atoms with Crippen molar-refractivity contribution in [3.63, 3.8) is 0 Å². The summed E-state index contributed by atoms with van der Waals surface area (Å²) >= 11 is 12.2. The molecule has 2 rings (SSSR count). The van der Waals surface area contributed by atoms with E-state index in [0.29, 0.717) is 11.6 Å². The molecule has 0 aliphatic heterocycles. The molecule has 0 heterocycles. The maximum atomic E-state index is 6.26. The molecular formula is C17H19Cl2NO. The second kappa shape index (κ2) is 7.69. The molecule has 2 aromatic carbocycles. The van der Waals surface area contributed by atoms with Crippen LogP contribution in [0.3, 0.4) is 0 Å². The SMILES string of the molecule is CCC(NCc1c(Cl)cccc1OC)c1ccc(Cl)cc1. The Kier molecular flexibility index (Phi) is 5.92. The lowest BCUT2D eigenvalue weighted by Crippen LogP contribution is -2.20. The van der Waals surface area contributed by atoms with Crippen molar-refractivity contribution in [1.82, 2.24) is 5.32 Å². The van der Waals surface area contributed by atoms with Gasteiger partial charge in [-0.25, -0.2) is 0 Å². The van der Waals surface area contributed by atoms with Gasteiger partial charge in [-0.3, -0.25) is 0 Å². The number of rotatable bonds is 6. The molecule has 0 radical (unpaired) electrons. The zero-order valence-electron chi connectivity index (χ0n) is 12.2. The molecule has 2 nitrogen and oxygen atoms in total. The zero-order chi connectivity index (χ0) is 15.2. The topological polar surface area (TPSA) is 21.3 Å². The third kappa shape index (κ3) is 4.13. The summed E-state index contributed by atoms with van der Waals surface area (Å²) in [7, 11) is 1.66. The summed E-state index contributed by atoms with van der Waals surface area (Å²) < 4.78 is 5.37. The highest BCUT2D eigenvalue weighted by Gasteiger charge is 2.12. The molecule has 21 heavy (non-hydrogen) atoms. The third-order valence-corrected chi connectivity index (χ3v) is 4.11. The number of halogens is 2. The van der Waals surface area contributed by atoms with Gasteiger partial charge in [0.15, 0.2) is 0 Å². The van der Waals surface area contributed by atoms with Gasteiger partial charge >= 0.3 is 0 Å². The molecule has 1 unspecified atom stereocenters. The van der Waals surface area contributed by atoms with E-state index in [9.17, 15) is 0 Å². The second-order valence-electron chi connectivity index (χ2n) is 4.81. The van der Waals surface area contributed by atoms with Crippen molar-refractivity contribution in [2.24, 2.45) is 0 Å². The Balaban J connectivity index is 2.12. The van der Waals surface area contributed by atoms with E-state index in [1.54, 1.807) is 7.11 Å². The largest absolute Gasteiger partial charge is 0.496 e. The first-order chi connectivity index (χ1) is 10.2. The lowest BCUT2D eigenvalue weighted by Gasteiger charge is -2.19. The molecule has 0 spiro atoms. The molecule has 2 aromatic rings. The maximum absolute atomic E-state index is 6.26. The van der Waals surface area contributed by atoms with Crippen molar-refractivity contribution in [1.29, 1.82) is 0 Å². The fraction of sp³-hybridized carbons (Fsp3) is 0.294. The highest BCUT2D eigenvalue weighted by Crippen LogP contribution is 2.27. The summed E-state index contributed by atoms with van der Waals surface area (Å²) in [5, 5.41) is 5.00. The molecule has 0 aliphatic carbocycles. The van der Waals surface area contributed by atoms with Crippen LogP contribution in [0.4, 0.5) is 0 Å². The molecule has 1 atom stereocenters. The molecule has 4 heteroatoms. The first-order valence-electron chi connectivity index (χ1n) is 6.96. The van der Waals surface area contributed by atoms with Gasteiger partial charge in [0, 0.05) is 28.2 Å². The summed E-state index contributed by atoms with van der Waals surface area (Å²) in [5.74, 6) is 0.806. The van der Waals surface area contributed by atoms with Gasteiger partial charge in [0.1, 0.15) is 5.75 Å². The average molecular weight is 324 g/mol. The molecule has 0 amide bonds. The smallest absolute Gasteiger partial charge is 0.124 e. The van der Waals surface area contributed by atoms with Crippen molar-refractivity contribution >= 4 is 23.2 Å². The Morgan fingerprint density at radius 2 is 1.81 bits per heavy atom. The van der Waals surface area contributed by atoms with Crippen molar-refractivity contribution in [3.8, 4) is 5.75 Å². The lowest BCUT2D eigenvalue weighted by atomic mass is 10.0. The van der Waals surface area contributed by atoms with Crippen molar-refractivity contribution < 1.29 is 4.74 Å². The number of methoxy groups -OCH3 is 1. The molecule has 0 aliphatic rings. The van der Waals surface area contributed by atoms with Gasteiger partial charge in [-0.1, -0.05) is 48.3 Å². The number of benzene rings is 2. The van der Waals surface area contributed by atoms with E-state index in [-0.39, 0.29) is 6.04 Å². The summed E-state index contributed by atoms with van der Waals surface area (Å²) in [6.45, 7) is 2.81. The first kappa shape index (κ1) is 16.2. The number of ether oxygens (including phenoxy) is 1. The highest BCUT2D eigenvalue weighted by molar-refractivity contribution is 6.31. The minimum atomic E-state index is 0.253. The van der Waals surface area contributed by atoms with Crippen LogP contribution in [0.15, 0.2) is 42.5 Å². The van der Waals surface area contributed by atoms with E-state index in [1.165, 1.54) is 5.56 Å². The van der Waals surface area contributed by atoms with Crippen molar-refractivity contribution in [3.05, 3.63) is 63.6 Å². The van der Waals surface area contributed by atoms with Crippen LogP contribution < -0.4 is 10.1 Å². The van der Waals surface area contributed by atoms with Crippen molar-refractivity contribution in [2.75, 3.05) is 7.11 Å². The molecule has 112 valence electrons. The van der Waals surface area contributed by atoms with Gasteiger partial charge in [0.25, 0.3) is 0 Å². The Bertz CT molecular complexity index is 584. The van der Waals surface area contributed by atoms with Gasteiger partial charge in [-0.15, -0.1) is 0 Å². The van der Waals surface area contributed by atoms with Crippen LogP contribution in [0.2, 0.25) is 10.0 Å². The molecule has 0 saturated heterocycles. The molecule has 0 aromatic heterocycles. The molecular weight excluding hydrogens is 305 g/mol. The van der Waals surface area contributed by atoms with E-state index in [1.807, 2.05) is 42.5 Å². The molecule has 0 fully saturated rings. The van der Waals surface area contributed by atoms with Gasteiger partial charge < -0.3 is 10.1 Å². The molecule has 0 bridgehead atoms. The predicted molar refractivity (Wildman–Crippen MR) is 89.3 cm³/mol. The van der Waals surface area contributed by atoms with Crippen LogP contribution in [0.1, 0.15) is 30.5 Å². The Labute approximate surface area is 136 Å².